The summed E-state index contributed by atoms with van der Waals surface area (Å²) in [5.41, 5.74) is 0.245. The van der Waals surface area contributed by atoms with E-state index in [4.69, 9.17) is 14.2 Å². The first-order valence-corrected chi connectivity index (χ1v) is 8.00. The van der Waals surface area contributed by atoms with Gasteiger partial charge in [-0.3, -0.25) is 4.79 Å². The molecule has 0 saturated carbocycles. The summed E-state index contributed by atoms with van der Waals surface area (Å²) in [7, 11) is 4.36. The Labute approximate surface area is 161 Å². The molecule has 28 heavy (non-hydrogen) atoms. The van der Waals surface area contributed by atoms with Gasteiger partial charge in [0.05, 0.1) is 32.6 Å². The normalized spacial score (nSPS) is 10.6. The Morgan fingerprint density at radius 3 is 2.18 bits per heavy atom. The molecule has 2 aromatic rings. The van der Waals surface area contributed by atoms with Crippen LogP contribution >= 0.6 is 0 Å². The predicted octanol–water partition coefficient (Wildman–Crippen LogP) is 2.96. The van der Waals surface area contributed by atoms with Crippen LogP contribution in [0.3, 0.4) is 0 Å². The number of hydrogen-bond donors (Lipinski definition) is 2. The van der Waals surface area contributed by atoms with Gasteiger partial charge in [0.15, 0.2) is 11.5 Å². The van der Waals surface area contributed by atoms with E-state index < -0.39 is 11.9 Å². The smallest absolute Gasteiger partial charge is 0.337 e. The number of nitrogens with zero attached hydrogens (tertiary/aromatic N) is 1. The third kappa shape index (κ3) is 4.40. The van der Waals surface area contributed by atoms with Crippen LogP contribution in [-0.2, 0) is 4.79 Å². The summed E-state index contributed by atoms with van der Waals surface area (Å²) in [6.45, 7) is 0. The van der Waals surface area contributed by atoms with E-state index in [1.807, 2.05) is 6.07 Å². The maximum absolute atomic E-state index is 12.5. The minimum atomic E-state index is -1.19. The van der Waals surface area contributed by atoms with Crippen molar-refractivity contribution in [2.24, 2.45) is 0 Å². The summed E-state index contributed by atoms with van der Waals surface area (Å²) in [5.74, 6) is -0.836. The van der Waals surface area contributed by atoms with Crippen LogP contribution < -0.4 is 19.5 Å². The molecule has 144 valence electrons. The van der Waals surface area contributed by atoms with Crippen LogP contribution in [0.1, 0.15) is 15.9 Å². The van der Waals surface area contributed by atoms with Crippen molar-refractivity contribution in [2.75, 3.05) is 26.6 Å². The number of nitriles is 1. The lowest BCUT2D eigenvalue weighted by atomic mass is 10.1. The zero-order valence-corrected chi connectivity index (χ0v) is 15.5. The summed E-state index contributed by atoms with van der Waals surface area (Å²) >= 11 is 0. The van der Waals surface area contributed by atoms with Crippen LogP contribution in [-0.4, -0.2) is 38.3 Å². The monoisotopic (exact) mass is 382 g/mol. The number of amides is 1. The van der Waals surface area contributed by atoms with Crippen molar-refractivity contribution in [3.8, 4) is 23.3 Å². The van der Waals surface area contributed by atoms with Crippen molar-refractivity contribution < 1.29 is 28.9 Å². The highest BCUT2D eigenvalue weighted by Crippen LogP contribution is 2.38. The average Bonchev–Trinajstić information content (AvgIpc) is 2.71. The second kappa shape index (κ2) is 9.09. The van der Waals surface area contributed by atoms with E-state index in [9.17, 15) is 20.0 Å². The van der Waals surface area contributed by atoms with Gasteiger partial charge in [-0.15, -0.1) is 0 Å². The van der Waals surface area contributed by atoms with E-state index in [0.29, 0.717) is 22.8 Å². The fourth-order valence-corrected chi connectivity index (χ4v) is 2.47. The molecule has 0 heterocycles. The van der Waals surface area contributed by atoms with E-state index in [-0.39, 0.29) is 16.8 Å². The number of ether oxygens (including phenoxy) is 3. The summed E-state index contributed by atoms with van der Waals surface area (Å²) in [6.07, 6.45) is 1.34. The number of nitrogens with one attached hydrogen (secondary N) is 1. The molecule has 2 N–H and O–H groups in total. The van der Waals surface area contributed by atoms with Gasteiger partial charge in [-0.2, -0.15) is 5.26 Å². The standard InChI is InChI=1S/C20H18N2O6/c1-26-16-9-12(10-17(27-2)18(16)28-3)8-13(11-21)19(23)22-15-7-5-4-6-14(15)20(24)25/h4-10H,1-3H3,(H,22,23)(H,24,25)/b13-8+. The Hall–Kier alpha value is -3.99. The SMILES string of the molecule is COc1cc(/C=C(\C#N)C(=O)Nc2ccccc2C(=O)O)cc(OC)c1OC. The summed E-state index contributed by atoms with van der Waals surface area (Å²) in [5, 5.41) is 21.0. The highest BCUT2D eigenvalue weighted by molar-refractivity contribution is 6.11. The van der Waals surface area contributed by atoms with Crippen molar-refractivity contribution in [2.45, 2.75) is 0 Å². The Morgan fingerprint density at radius 2 is 1.68 bits per heavy atom. The first kappa shape index (κ1) is 20.3. The topological polar surface area (TPSA) is 118 Å². The van der Waals surface area contributed by atoms with Gasteiger partial charge in [0, 0.05) is 0 Å². The van der Waals surface area contributed by atoms with Gasteiger partial charge in [0.25, 0.3) is 5.91 Å². The Bertz CT molecular complexity index is 950. The summed E-state index contributed by atoms with van der Waals surface area (Å²) in [6, 6.07) is 10.9. The van der Waals surface area contributed by atoms with Gasteiger partial charge < -0.3 is 24.6 Å². The third-order valence-corrected chi connectivity index (χ3v) is 3.77. The van der Waals surface area contributed by atoms with E-state index in [0.717, 1.165) is 0 Å². The molecule has 2 aromatic carbocycles. The molecule has 1 amide bonds. The van der Waals surface area contributed by atoms with Gasteiger partial charge in [0.2, 0.25) is 5.75 Å². The molecule has 8 heteroatoms. The maximum Gasteiger partial charge on any atom is 0.337 e. The predicted molar refractivity (Wildman–Crippen MR) is 102 cm³/mol. The number of carbonyl (C=O) groups is 2. The molecule has 0 aliphatic heterocycles. The zero-order valence-electron chi connectivity index (χ0n) is 15.5. The minimum absolute atomic E-state index is 0.0825. The van der Waals surface area contributed by atoms with Gasteiger partial charge >= 0.3 is 5.97 Å². The molecular weight excluding hydrogens is 364 g/mol. The molecule has 0 unspecified atom stereocenters. The first-order valence-electron chi connectivity index (χ1n) is 8.00. The molecule has 2 rings (SSSR count). The Kier molecular flexibility index (Phi) is 6.60. The van der Waals surface area contributed by atoms with Crippen LogP contribution in [0.4, 0.5) is 5.69 Å². The number of carboxylic acid groups (broad SMARTS) is 1. The molecule has 8 nitrogen and oxygen atoms in total. The molecule has 0 aliphatic rings. The number of carbonyl (C=O) groups excluding carboxylic acids is 1. The fourth-order valence-electron chi connectivity index (χ4n) is 2.47. The Morgan fingerprint density at radius 1 is 1.07 bits per heavy atom. The van der Waals surface area contributed by atoms with Crippen molar-refractivity contribution >= 4 is 23.6 Å². The van der Waals surface area contributed by atoms with Gasteiger partial charge in [-0.25, -0.2) is 4.79 Å². The van der Waals surface area contributed by atoms with Crippen molar-refractivity contribution in [1.82, 2.24) is 0 Å². The van der Waals surface area contributed by atoms with Crippen LogP contribution in [0.5, 0.6) is 17.2 Å². The number of benzene rings is 2. The number of anilines is 1. The molecule has 0 aliphatic carbocycles. The van der Waals surface area contributed by atoms with Gasteiger partial charge in [0.1, 0.15) is 11.6 Å². The van der Waals surface area contributed by atoms with E-state index >= 15 is 0 Å². The van der Waals surface area contributed by atoms with Crippen LogP contribution in [0, 0.1) is 11.3 Å². The molecular formula is C20H18N2O6. The number of carboxylic acids is 1. The highest BCUT2D eigenvalue weighted by Gasteiger charge is 2.17. The number of aromatic carboxylic acids is 1. The van der Waals surface area contributed by atoms with E-state index in [1.165, 1.54) is 45.6 Å². The molecule has 0 atom stereocenters. The first-order chi connectivity index (χ1) is 13.4. The number of para-hydroxylation sites is 1. The lowest BCUT2D eigenvalue weighted by molar-refractivity contribution is -0.112. The average molecular weight is 382 g/mol. The van der Waals surface area contributed by atoms with Crippen molar-refractivity contribution in [1.29, 1.82) is 5.26 Å². The third-order valence-electron chi connectivity index (χ3n) is 3.77. The van der Waals surface area contributed by atoms with Crippen molar-refractivity contribution in [3.05, 3.63) is 53.1 Å². The van der Waals surface area contributed by atoms with Crippen LogP contribution in [0.15, 0.2) is 42.0 Å². The van der Waals surface area contributed by atoms with Crippen molar-refractivity contribution in [3.63, 3.8) is 0 Å². The van der Waals surface area contributed by atoms with Crippen LogP contribution in [0.25, 0.3) is 6.08 Å². The molecule has 0 bridgehead atoms. The second-order valence-corrected chi connectivity index (χ2v) is 5.43. The second-order valence-electron chi connectivity index (χ2n) is 5.43. The van der Waals surface area contributed by atoms with E-state index in [2.05, 4.69) is 5.32 Å². The lowest BCUT2D eigenvalue weighted by Crippen LogP contribution is -2.16. The fraction of sp³-hybridized carbons (Fsp3) is 0.150. The van der Waals surface area contributed by atoms with Crippen LogP contribution in [0.2, 0.25) is 0 Å². The van der Waals surface area contributed by atoms with E-state index in [1.54, 1.807) is 18.2 Å². The maximum atomic E-state index is 12.5. The lowest BCUT2D eigenvalue weighted by Gasteiger charge is -2.13. The molecule has 0 aromatic heterocycles. The summed E-state index contributed by atoms with van der Waals surface area (Å²) in [4.78, 5) is 23.7. The van der Waals surface area contributed by atoms with Gasteiger partial charge in [-0.1, -0.05) is 12.1 Å². The number of hydrogen-bond acceptors (Lipinski definition) is 6. The highest BCUT2D eigenvalue weighted by atomic mass is 16.5. The number of methoxy groups -OCH3 is 3. The molecule has 0 radical (unpaired) electrons. The molecule has 0 fully saturated rings. The quantitative estimate of drug-likeness (QED) is 0.558. The zero-order chi connectivity index (χ0) is 20.7. The van der Waals surface area contributed by atoms with Gasteiger partial charge in [-0.05, 0) is 35.9 Å². The summed E-state index contributed by atoms with van der Waals surface area (Å²) < 4.78 is 15.7. The minimum Gasteiger partial charge on any atom is -0.493 e. The Balaban J connectivity index is 2.40. The number of rotatable bonds is 7. The molecule has 0 spiro atoms. The molecule has 0 saturated heterocycles. The largest absolute Gasteiger partial charge is 0.493 e.